The lowest BCUT2D eigenvalue weighted by molar-refractivity contribution is -0.00595. The van der Waals surface area contributed by atoms with E-state index < -0.39 is 5.72 Å². The van der Waals surface area contributed by atoms with Gasteiger partial charge in [-0.3, -0.25) is 0 Å². The summed E-state index contributed by atoms with van der Waals surface area (Å²) in [5.41, 5.74) is 0.632. The molecule has 0 saturated carbocycles. The molecule has 3 nitrogen and oxygen atoms in total. The zero-order valence-corrected chi connectivity index (χ0v) is 16.1. The van der Waals surface area contributed by atoms with Gasteiger partial charge in [0, 0.05) is 26.8 Å². The highest BCUT2D eigenvalue weighted by atomic mass is 79.9. The molecule has 118 valence electrons. The van der Waals surface area contributed by atoms with E-state index in [0.29, 0.717) is 0 Å². The summed E-state index contributed by atoms with van der Waals surface area (Å²) >= 11 is 8.64. The molecule has 0 spiro atoms. The fraction of sp³-hybridized carbons (Fsp3) is 0.235. The molecule has 2 aliphatic rings. The van der Waals surface area contributed by atoms with Crippen LogP contribution >= 0.6 is 43.6 Å². The molecule has 4 rings (SSSR count). The van der Waals surface area contributed by atoms with Gasteiger partial charge in [-0.1, -0.05) is 67.9 Å². The molecule has 1 N–H and O–H groups in total. The smallest absolute Gasteiger partial charge is 0.210 e. The van der Waals surface area contributed by atoms with Crippen molar-refractivity contribution in [2.75, 3.05) is 12.3 Å². The van der Waals surface area contributed by atoms with E-state index in [-0.39, 0.29) is 6.04 Å². The Kier molecular flexibility index (Phi) is 4.04. The maximum Gasteiger partial charge on any atom is 0.210 e. The van der Waals surface area contributed by atoms with E-state index >= 15 is 0 Å². The standard InChI is InChI=1S/C17H14Br2N2OS/c18-13-5-1-11(2-6-13)15-17(22,12-3-7-14(19)8-4-12)20-16-21(15)9-10-23-16/h1-8,15,22H,9-10H2. The molecule has 1 fully saturated rings. The zero-order valence-electron chi connectivity index (χ0n) is 12.1. The average molecular weight is 454 g/mol. The molecule has 2 aromatic rings. The van der Waals surface area contributed by atoms with Crippen molar-refractivity contribution in [3.8, 4) is 0 Å². The zero-order chi connectivity index (χ0) is 16.0. The maximum atomic E-state index is 11.5. The van der Waals surface area contributed by atoms with Gasteiger partial charge in [0.15, 0.2) is 5.17 Å². The van der Waals surface area contributed by atoms with Crippen molar-refractivity contribution < 1.29 is 5.11 Å². The van der Waals surface area contributed by atoms with Crippen LogP contribution in [0.1, 0.15) is 17.2 Å². The number of hydrogen-bond donors (Lipinski definition) is 1. The summed E-state index contributed by atoms with van der Waals surface area (Å²) < 4.78 is 2.02. The van der Waals surface area contributed by atoms with Crippen LogP contribution in [0.5, 0.6) is 0 Å². The van der Waals surface area contributed by atoms with Crippen molar-refractivity contribution in [3.63, 3.8) is 0 Å². The topological polar surface area (TPSA) is 35.8 Å². The number of halogens is 2. The number of aliphatic imine (C=N–C) groups is 1. The van der Waals surface area contributed by atoms with Crippen molar-refractivity contribution in [1.29, 1.82) is 0 Å². The molecule has 0 radical (unpaired) electrons. The highest BCUT2D eigenvalue weighted by Gasteiger charge is 2.51. The fourth-order valence-electron chi connectivity index (χ4n) is 3.15. The number of thioether (sulfide) groups is 1. The van der Waals surface area contributed by atoms with E-state index in [9.17, 15) is 5.11 Å². The molecule has 2 aliphatic heterocycles. The Labute approximate surface area is 156 Å². The van der Waals surface area contributed by atoms with E-state index in [2.05, 4.69) is 48.9 Å². The second-order valence-corrected chi connectivity index (χ2v) is 8.52. The van der Waals surface area contributed by atoms with E-state index in [0.717, 1.165) is 37.5 Å². The number of aliphatic hydroxyl groups is 1. The van der Waals surface area contributed by atoms with Gasteiger partial charge >= 0.3 is 0 Å². The molecule has 0 bridgehead atoms. The summed E-state index contributed by atoms with van der Waals surface area (Å²) in [6.07, 6.45) is 0. The van der Waals surface area contributed by atoms with Crippen molar-refractivity contribution >= 4 is 48.8 Å². The quantitative estimate of drug-likeness (QED) is 0.726. The normalized spacial score (nSPS) is 26.3. The van der Waals surface area contributed by atoms with Gasteiger partial charge in [0.1, 0.15) is 6.04 Å². The fourth-order valence-corrected chi connectivity index (χ4v) is 4.71. The first-order chi connectivity index (χ1) is 11.1. The second kappa shape index (κ2) is 5.92. The number of rotatable bonds is 2. The molecule has 1 saturated heterocycles. The van der Waals surface area contributed by atoms with Crippen molar-refractivity contribution in [3.05, 3.63) is 68.6 Å². The Balaban J connectivity index is 1.83. The van der Waals surface area contributed by atoms with Gasteiger partial charge in [0.2, 0.25) is 5.72 Å². The highest BCUT2D eigenvalue weighted by Crippen LogP contribution is 2.49. The minimum absolute atomic E-state index is 0.193. The van der Waals surface area contributed by atoms with Crippen LogP contribution in [0.3, 0.4) is 0 Å². The van der Waals surface area contributed by atoms with Gasteiger partial charge in [0.05, 0.1) is 0 Å². The molecule has 2 atom stereocenters. The predicted molar refractivity (Wildman–Crippen MR) is 102 cm³/mol. The van der Waals surface area contributed by atoms with E-state index in [1.807, 2.05) is 36.4 Å². The van der Waals surface area contributed by atoms with Crippen LogP contribution in [0.2, 0.25) is 0 Å². The summed E-state index contributed by atoms with van der Waals surface area (Å²) in [4.78, 5) is 6.91. The molecule has 0 amide bonds. The van der Waals surface area contributed by atoms with Crippen LogP contribution in [-0.2, 0) is 5.72 Å². The van der Waals surface area contributed by atoms with Gasteiger partial charge in [0.25, 0.3) is 0 Å². The Bertz CT molecular complexity index is 763. The van der Waals surface area contributed by atoms with Crippen molar-refractivity contribution in [2.45, 2.75) is 11.8 Å². The summed E-state index contributed by atoms with van der Waals surface area (Å²) in [5, 5.41) is 12.4. The molecular formula is C17H14Br2N2OS. The SMILES string of the molecule is OC1(c2ccc(Br)cc2)N=C2SCCN2C1c1ccc(Br)cc1. The Morgan fingerprint density at radius 1 is 1.04 bits per heavy atom. The van der Waals surface area contributed by atoms with Gasteiger partial charge in [-0.15, -0.1) is 0 Å². The van der Waals surface area contributed by atoms with Gasteiger partial charge < -0.3 is 10.0 Å². The lowest BCUT2D eigenvalue weighted by atomic mass is 9.90. The predicted octanol–water partition coefficient (Wildman–Crippen LogP) is 4.52. The number of benzene rings is 2. The largest absolute Gasteiger partial charge is 0.364 e. The Morgan fingerprint density at radius 2 is 1.65 bits per heavy atom. The Morgan fingerprint density at radius 3 is 2.30 bits per heavy atom. The van der Waals surface area contributed by atoms with Gasteiger partial charge in [-0.2, -0.15) is 0 Å². The average Bonchev–Trinajstić information content (AvgIpc) is 3.08. The minimum atomic E-state index is -1.25. The van der Waals surface area contributed by atoms with Crippen LogP contribution in [0.15, 0.2) is 62.5 Å². The van der Waals surface area contributed by atoms with Gasteiger partial charge in [-0.05, 0) is 29.8 Å². The number of fused-ring (bicyclic) bond motifs is 1. The molecule has 0 aromatic heterocycles. The molecule has 2 aromatic carbocycles. The summed E-state index contributed by atoms with van der Waals surface area (Å²) in [5.74, 6) is 1.02. The van der Waals surface area contributed by atoms with Crippen molar-refractivity contribution in [1.82, 2.24) is 4.90 Å². The first-order valence-corrected chi connectivity index (χ1v) is 9.88. The van der Waals surface area contributed by atoms with E-state index in [1.54, 1.807) is 11.8 Å². The lowest BCUT2D eigenvalue weighted by Crippen LogP contribution is -2.37. The third-order valence-corrected chi connectivity index (χ3v) is 6.25. The van der Waals surface area contributed by atoms with Crippen LogP contribution in [0, 0.1) is 0 Å². The molecule has 0 aliphatic carbocycles. The summed E-state index contributed by atoms with van der Waals surface area (Å²) in [6.45, 7) is 0.906. The van der Waals surface area contributed by atoms with Crippen molar-refractivity contribution in [2.24, 2.45) is 4.99 Å². The highest BCUT2D eigenvalue weighted by molar-refractivity contribution is 9.10. The summed E-state index contributed by atoms with van der Waals surface area (Å²) in [6, 6.07) is 15.7. The van der Waals surface area contributed by atoms with Gasteiger partial charge in [-0.25, -0.2) is 4.99 Å². The van der Waals surface area contributed by atoms with Crippen LogP contribution in [0.4, 0.5) is 0 Å². The van der Waals surface area contributed by atoms with E-state index in [4.69, 9.17) is 4.99 Å². The monoisotopic (exact) mass is 452 g/mol. The third-order valence-electron chi connectivity index (χ3n) is 4.22. The van der Waals surface area contributed by atoms with Crippen LogP contribution in [-0.4, -0.2) is 27.5 Å². The second-order valence-electron chi connectivity index (χ2n) is 5.62. The minimum Gasteiger partial charge on any atom is -0.364 e. The first kappa shape index (κ1) is 15.7. The maximum absolute atomic E-state index is 11.5. The Hall–Kier alpha value is -0.820. The number of amidine groups is 1. The number of nitrogens with zero attached hydrogens (tertiary/aromatic N) is 2. The number of hydrogen-bond acceptors (Lipinski definition) is 4. The molecular weight excluding hydrogens is 440 g/mol. The lowest BCUT2D eigenvalue weighted by Gasteiger charge is -2.33. The van der Waals surface area contributed by atoms with E-state index in [1.165, 1.54) is 0 Å². The molecule has 23 heavy (non-hydrogen) atoms. The summed E-state index contributed by atoms with van der Waals surface area (Å²) in [7, 11) is 0. The van der Waals surface area contributed by atoms with Crippen LogP contribution in [0.25, 0.3) is 0 Å². The van der Waals surface area contributed by atoms with Crippen LogP contribution < -0.4 is 0 Å². The molecule has 6 heteroatoms. The first-order valence-electron chi connectivity index (χ1n) is 7.31. The third kappa shape index (κ3) is 2.65. The molecule has 2 heterocycles. The molecule has 2 unspecified atom stereocenters.